The predicted octanol–water partition coefficient (Wildman–Crippen LogP) is 3.72. The number of carboxylic acid groups (broad SMARTS) is 1. The number of hydrogen-bond acceptors (Lipinski definition) is 3. The Morgan fingerprint density at radius 1 is 0.900 bits per heavy atom. The van der Waals surface area contributed by atoms with E-state index in [1.165, 1.54) is 32.1 Å². The van der Waals surface area contributed by atoms with E-state index in [-0.39, 0.29) is 18.0 Å². The summed E-state index contributed by atoms with van der Waals surface area (Å²) >= 11 is 0. The van der Waals surface area contributed by atoms with Crippen molar-refractivity contribution >= 4 is 11.8 Å². The van der Waals surface area contributed by atoms with E-state index in [1.54, 1.807) is 6.92 Å². The predicted molar refractivity (Wildman–Crippen MR) is 77.8 cm³/mol. The summed E-state index contributed by atoms with van der Waals surface area (Å²) in [5, 5.41) is 8.50. The van der Waals surface area contributed by atoms with Gasteiger partial charge in [-0.25, -0.2) is 0 Å². The summed E-state index contributed by atoms with van der Waals surface area (Å²) in [7, 11) is 0. The fourth-order valence-corrected chi connectivity index (χ4v) is 2.58. The van der Waals surface area contributed by atoms with Gasteiger partial charge in [0.15, 0.2) is 5.78 Å². The van der Waals surface area contributed by atoms with Crippen LogP contribution in [0.1, 0.15) is 77.6 Å². The maximum absolute atomic E-state index is 11.0. The molecule has 0 saturated carbocycles. The van der Waals surface area contributed by atoms with Crippen LogP contribution in [-0.2, 0) is 14.3 Å². The van der Waals surface area contributed by atoms with E-state index in [0.29, 0.717) is 6.42 Å². The Labute approximate surface area is 121 Å². The van der Waals surface area contributed by atoms with Crippen LogP contribution in [0, 0.1) is 0 Å². The molecule has 0 unspecified atom stereocenters. The van der Waals surface area contributed by atoms with Gasteiger partial charge in [0, 0.05) is 6.42 Å². The Bertz CT molecular complexity index is 301. The number of epoxide rings is 1. The fourth-order valence-electron chi connectivity index (χ4n) is 2.58. The molecule has 1 aliphatic rings. The third kappa shape index (κ3) is 8.31. The second kappa shape index (κ2) is 9.92. The number of Topliss-reactive ketones (excluding diaryl/α,β-unsaturated/α-hetero) is 1. The van der Waals surface area contributed by atoms with Crippen molar-refractivity contribution in [2.45, 2.75) is 89.8 Å². The van der Waals surface area contributed by atoms with Crippen molar-refractivity contribution in [2.75, 3.05) is 0 Å². The summed E-state index contributed by atoms with van der Waals surface area (Å²) in [6, 6.07) is 0. The molecule has 1 rings (SSSR count). The standard InChI is InChI=1S/C16H28O4/c1-13(17)16-14(20-16)11-9-7-5-3-2-4-6-8-10-12-15(18)19/h14,16H,2-12H2,1H3,(H,18,19)/t14-,16-/m0/s1. The fraction of sp³-hybridized carbons (Fsp3) is 0.875. The molecule has 4 nitrogen and oxygen atoms in total. The van der Waals surface area contributed by atoms with Gasteiger partial charge in [0.25, 0.3) is 0 Å². The molecule has 0 aliphatic carbocycles. The topological polar surface area (TPSA) is 66.9 Å². The number of ketones is 1. The Balaban J connectivity index is 1.73. The van der Waals surface area contributed by atoms with Gasteiger partial charge >= 0.3 is 5.97 Å². The van der Waals surface area contributed by atoms with Crippen LogP contribution in [-0.4, -0.2) is 29.1 Å². The van der Waals surface area contributed by atoms with E-state index in [9.17, 15) is 9.59 Å². The van der Waals surface area contributed by atoms with Crippen LogP contribution >= 0.6 is 0 Å². The highest BCUT2D eigenvalue weighted by Gasteiger charge is 2.41. The minimum atomic E-state index is -0.684. The molecule has 4 heteroatoms. The molecule has 1 saturated heterocycles. The summed E-state index contributed by atoms with van der Waals surface area (Å²) in [6.07, 6.45) is 11.8. The molecule has 0 spiro atoms. The average molecular weight is 284 g/mol. The Hall–Kier alpha value is -0.900. The first-order valence-electron chi connectivity index (χ1n) is 7.99. The molecule has 0 aromatic carbocycles. The first kappa shape index (κ1) is 17.2. The third-order valence-electron chi connectivity index (χ3n) is 3.86. The van der Waals surface area contributed by atoms with Crippen LogP contribution in [0.3, 0.4) is 0 Å². The van der Waals surface area contributed by atoms with Gasteiger partial charge in [0.05, 0.1) is 6.10 Å². The van der Waals surface area contributed by atoms with Gasteiger partial charge < -0.3 is 9.84 Å². The van der Waals surface area contributed by atoms with Crippen LogP contribution < -0.4 is 0 Å². The number of hydrogen-bond donors (Lipinski definition) is 1. The number of carbonyl (C=O) groups is 2. The number of aliphatic carboxylic acids is 1. The molecule has 1 aliphatic heterocycles. The molecule has 0 aromatic heterocycles. The second-order valence-electron chi connectivity index (χ2n) is 5.82. The number of ether oxygens (including phenoxy) is 1. The van der Waals surface area contributed by atoms with E-state index in [1.807, 2.05) is 0 Å². The van der Waals surface area contributed by atoms with Crippen molar-refractivity contribution in [3.8, 4) is 0 Å². The average Bonchev–Trinajstić information content (AvgIpc) is 3.15. The van der Waals surface area contributed by atoms with Crippen LogP contribution in [0.5, 0.6) is 0 Å². The summed E-state index contributed by atoms with van der Waals surface area (Å²) < 4.78 is 5.29. The largest absolute Gasteiger partial charge is 0.481 e. The van der Waals surface area contributed by atoms with Crippen molar-refractivity contribution in [2.24, 2.45) is 0 Å². The molecule has 116 valence electrons. The maximum Gasteiger partial charge on any atom is 0.303 e. The molecular formula is C16H28O4. The smallest absolute Gasteiger partial charge is 0.303 e. The highest BCUT2D eigenvalue weighted by Crippen LogP contribution is 2.28. The van der Waals surface area contributed by atoms with Gasteiger partial charge in [-0.15, -0.1) is 0 Å². The number of unbranched alkanes of at least 4 members (excludes halogenated alkanes) is 8. The van der Waals surface area contributed by atoms with Crippen LogP contribution in [0.4, 0.5) is 0 Å². The van der Waals surface area contributed by atoms with Gasteiger partial charge in [-0.05, 0) is 19.8 Å². The third-order valence-corrected chi connectivity index (χ3v) is 3.86. The molecule has 0 aromatic rings. The molecule has 0 radical (unpaired) electrons. The van der Waals surface area contributed by atoms with Gasteiger partial charge in [-0.1, -0.05) is 51.4 Å². The summed E-state index contributed by atoms with van der Waals surface area (Å²) in [6.45, 7) is 1.60. The van der Waals surface area contributed by atoms with Gasteiger partial charge in [-0.2, -0.15) is 0 Å². The molecule has 0 bridgehead atoms. The lowest BCUT2D eigenvalue weighted by Crippen LogP contribution is -2.04. The Morgan fingerprint density at radius 3 is 1.85 bits per heavy atom. The van der Waals surface area contributed by atoms with Crippen molar-refractivity contribution < 1.29 is 19.4 Å². The highest BCUT2D eigenvalue weighted by atomic mass is 16.6. The zero-order valence-corrected chi connectivity index (χ0v) is 12.6. The monoisotopic (exact) mass is 284 g/mol. The van der Waals surface area contributed by atoms with E-state index >= 15 is 0 Å². The lowest BCUT2D eigenvalue weighted by Gasteiger charge is -2.01. The van der Waals surface area contributed by atoms with Gasteiger partial charge in [-0.3, -0.25) is 9.59 Å². The number of carboxylic acids is 1. The van der Waals surface area contributed by atoms with E-state index in [4.69, 9.17) is 9.84 Å². The lowest BCUT2D eigenvalue weighted by molar-refractivity contribution is -0.137. The van der Waals surface area contributed by atoms with Gasteiger partial charge in [0.1, 0.15) is 6.10 Å². The molecule has 1 fully saturated rings. The zero-order valence-electron chi connectivity index (χ0n) is 12.6. The Kier molecular flexibility index (Phi) is 8.51. The lowest BCUT2D eigenvalue weighted by atomic mass is 10.0. The van der Waals surface area contributed by atoms with Crippen molar-refractivity contribution in [3.63, 3.8) is 0 Å². The highest BCUT2D eigenvalue weighted by molar-refractivity contribution is 5.83. The second-order valence-corrected chi connectivity index (χ2v) is 5.82. The normalized spacial score (nSPS) is 20.9. The summed E-state index contributed by atoms with van der Waals surface area (Å²) in [4.78, 5) is 21.3. The Morgan fingerprint density at radius 2 is 1.40 bits per heavy atom. The molecule has 20 heavy (non-hydrogen) atoms. The van der Waals surface area contributed by atoms with E-state index < -0.39 is 5.97 Å². The van der Waals surface area contributed by atoms with Gasteiger partial charge in [0.2, 0.25) is 0 Å². The maximum atomic E-state index is 11.0. The molecule has 1 heterocycles. The quantitative estimate of drug-likeness (QED) is 0.413. The van der Waals surface area contributed by atoms with Crippen LogP contribution in [0.25, 0.3) is 0 Å². The summed E-state index contributed by atoms with van der Waals surface area (Å²) in [5.74, 6) is -0.519. The zero-order chi connectivity index (χ0) is 14.8. The molecular weight excluding hydrogens is 256 g/mol. The minimum absolute atomic E-state index is 0.0965. The van der Waals surface area contributed by atoms with Crippen LogP contribution in [0.15, 0.2) is 0 Å². The van der Waals surface area contributed by atoms with E-state index in [2.05, 4.69) is 0 Å². The summed E-state index contributed by atoms with van der Waals surface area (Å²) in [5.41, 5.74) is 0. The van der Waals surface area contributed by atoms with Crippen LogP contribution in [0.2, 0.25) is 0 Å². The minimum Gasteiger partial charge on any atom is -0.481 e. The molecule has 0 amide bonds. The number of rotatable bonds is 13. The molecule has 2 atom stereocenters. The SMILES string of the molecule is CC(=O)[C@@H]1O[C@H]1CCCCCCCCCCCC(=O)O. The molecule has 1 N–H and O–H groups in total. The van der Waals surface area contributed by atoms with E-state index in [0.717, 1.165) is 32.1 Å². The van der Waals surface area contributed by atoms with Crippen molar-refractivity contribution in [3.05, 3.63) is 0 Å². The first-order chi connectivity index (χ1) is 9.61. The first-order valence-corrected chi connectivity index (χ1v) is 7.99. The van der Waals surface area contributed by atoms with Crippen molar-refractivity contribution in [1.82, 2.24) is 0 Å². The van der Waals surface area contributed by atoms with Crippen molar-refractivity contribution in [1.29, 1.82) is 0 Å². The number of carbonyl (C=O) groups excluding carboxylic acids is 1.